The first-order valence-electron chi connectivity index (χ1n) is 3.83. The van der Waals surface area contributed by atoms with Crippen LogP contribution in [0.3, 0.4) is 0 Å². The third-order valence-electron chi connectivity index (χ3n) is 1.21. The van der Waals surface area contributed by atoms with Gasteiger partial charge in [0.15, 0.2) is 0 Å². The normalized spacial score (nSPS) is 11.8. The maximum absolute atomic E-state index is 5.79. The fraction of sp³-hybridized carbons (Fsp3) is 1.00. The Bertz CT molecular complexity index is 122. The number of hydrogen-bond acceptors (Lipinski definition) is 0. The van der Waals surface area contributed by atoms with Crippen molar-refractivity contribution in [2.24, 2.45) is 0 Å². The van der Waals surface area contributed by atoms with Crippen LogP contribution in [-0.2, 0) is 0 Å². The molecule has 0 N–H and O–H groups in total. The zero-order valence-corrected chi connectivity index (χ0v) is 14.1. The number of alkyl halides is 6. The van der Waals surface area contributed by atoms with Gasteiger partial charge in [-0.3, -0.25) is 10.0 Å². The minimum atomic E-state index is -1.85. The molecule has 0 amide bonds. The lowest BCUT2D eigenvalue weighted by Gasteiger charge is -2.19. The van der Waals surface area contributed by atoms with E-state index in [-0.39, 0.29) is 0 Å². The summed E-state index contributed by atoms with van der Waals surface area (Å²) in [4.78, 5) is 0. The topological polar surface area (TPSA) is 0 Å². The van der Waals surface area contributed by atoms with E-state index in [1.807, 2.05) is 0 Å². The van der Waals surface area contributed by atoms with Gasteiger partial charge < -0.3 is 0 Å². The molecule has 0 aromatic rings. The zero-order valence-electron chi connectivity index (χ0n) is 7.64. The summed E-state index contributed by atoms with van der Waals surface area (Å²) in [5, 5.41) is 2.47. The van der Waals surface area contributed by atoms with E-state index < -0.39 is 20.8 Å². The Labute approximate surface area is 124 Å². The van der Waals surface area contributed by atoms with Gasteiger partial charge in [0.1, 0.15) is 0 Å². The highest BCUT2D eigenvalue weighted by molar-refractivity contribution is 7.06. The van der Waals surface area contributed by atoms with Crippen LogP contribution >= 0.6 is 79.7 Å². The highest BCUT2D eigenvalue weighted by Gasteiger charge is 2.43. The highest BCUT2D eigenvalue weighted by Crippen LogP contribution is 2.48. The molecule has 0 unspecified atom stereocenters. The van der Waals surface area contributed by atoms with E-state index in [9.17, 15) is 0 Å². The van der Waals surface area contributed by atoms with Crippen LogP contribution in [0.25, 0.3) is 0 Å². The number of halogens is 7. The van der Waals surface area contributed by atoms with Crippen molar-refractivity contribution < 1.29 is 0 Å². The first kappa shape index (κ1) is 18.9. The van der Waals surface area contributed by atoms with Crippen LogP contribution in [-0.4, -0.2) is 20.8 Å². The molecular formula is C6H10AlCl7. The van der Waals surface area contributed by atoms with Crippen LogP contribution in [0.15, 0.2) is 0 Å². The summed E-state index contributed by atoms with van der Waals surface area (Å²) >= 11 is 30.2. The molecule has 86 valence electrons. The van der Waals surface area contributed by atoms with Crippen molar-refractivity contribution in [3.63, 3.8) is 0 Å². The summed E-state index contributed by atoms with van der Waals surface area (Å²) in [5.74, 6) is 0. The zero-order chi connectivity index (χ0) is 12.0. The average molecular weight is 357 g/mol. The molecule has 0 rings (SSSR count). The minimum absolute atomic E-state index is 0.688. The molecule has 0 saturated carbocycles. The molecule has 0 aliphatic rings. The van der Waals surface area contributed by atoms with Gasteiger partial charge in [0.05, 0.1) is 0 Å². The Morgan fingerprint density at radius 2 is 1.00 bits per heavy atom. The van der Waals surface area contributed by atoms with E-state index in [4.69, 9.17) is 79.7 Å². The molecular weight excluding hydrogens is 347 g/mol. The van der Waals surface area contributed by atoms with E-state index in [1.54, 1.807) is 0 Å². The molecule has 0 nitrogen and oxygen atoms in total. The van der Waals surface area contributed by atoms with Crippen molar-refractivity contribution in [2.45, 2.75) is 32.0 Å². The molecule has 0 aliphatic heterocycles. The lowest BCUT2D eigenvalue weighted by molar-refractivity contribution is 1.10. The Balaban J connectivity index is 0. The molecule has 0 aliphatic carbocycles. The van der Waals surface area contributed by atoms with Crippen LogP contribution in [0.5, 0.6) is 0 Å². The quantitative estimate of drug-likeness (QED) is 0.421. The van der Waals surface area contributed by atoms with Gasteiger partial charge in [0.2, 0.25) is 7.59 Å². The molecule has 0 aromatic carbocycles. The van der Waals surface area contributed by atoms with Crippen molar-refractivity contribution in [3.05, 3.63) is 0 Å². The Kier molecular flexibility index (Phi) is 11.7. The summed E-state index contributed by atoms with van der Waals surface area (Å²) in [6, 6.07) is 0. The van der Waals surface area contributed by atoms with Crippen LogP contribution in [0, 0.1) is 0 Å². The lowest BCUT2D eigenvalue weighted by atomic mass is 10.9. The molecule has 0 bridgehead atoms. The molecule has 8 heteroatoms. The number of hydrogen-bond donors (Lipinski definition) is 0. The molecule has 0 spiro atoms. The monoisotopic (exact) mass is 354 g/mol. The second kappa shape index (κ2) is 8.62. The second-order valence-electron chi connectivity index (χ2n) is 2.41. The van der Waals surface area contributed by atoms with E-state index in [1.165, 1.54) is 10.6 Å². The third kappa shape index (κ3) is 11.1. The smallest absolute Gasteiger partial charge is 0.261 e. The van der Waals surface area contributed by atoms with Crippen molar-refractivity contribution in [1.29, 1.82) is 0 Å². The fourth-order valence-corrected chi connectivity index (χ4v) is 0.866. The SMILES string of the molecule is C[CH2][Al]([Cl])[CH2]C.ClC(Cl)(Cl)C(Cl)(Cl)Cl. The fourth-order valence-electron chi connectivity index (χ4n) is 0.289. The third-order valence-corrected chi connectivity index (χ3v) is 7.40. The highest BCUT2D eigenvalue weighted by atomic mass is 35.6. The number of rotatable bonds is 2. The Morgan fingerprint density at radius 1 is 0.786 bits per heavy atom. The Hall–Kier alpha value is 2.56. The van der Waals surface area contributed by atoms with E-state index >= 15 is 0 Å². The van der Waals surface area contributed by atoms with Gasteiger partial charge in [0.25, 0.3) is 0 Å². The molecule has 0 radical (unpaired) electrons. The van der Waals surface area contributed by atoms with Gasteiger partial charge in [-0.1, -0.05) is 94.0 Å². The maximum atomic E-state index is 5.79. The summed E-state index contributed by atoms with van der Waals surface area (Å²) in [6.07, 6.45) is 0. The first-order chi connectivity index (χ1) is 6.06. The van der Waals surface area contributed by atoms with E-state index in [0.29, 0.717) is 0 Å². The van der Waals surface area contributed by atoms with Gasteiger partial charge in [-0.05, 0) is 0 Å². The minimum Gasteiger partial charge on any atom is -0.261 e. The predicted octanol–water partition coefficient (Wildman–Crippen LogP) is 5.98. The Morgan fingerprint density at radius 3 is 1.00 bits per heavy atom. The molecule has 14 heavy (non-hydrogen) atoms. The summed E-state index contributed by atoms with van der Waals surface area (Å²) in [5.41, 5.74) is 0. The summed E-state index contributed by atoms with van der Waals surface area (Å²) < 4.78 is -3.70. The second-order valence-corrected chi connectivity index (χ2v) is 11.7. The predicted molar refractivity (Wildman–Crippen MR) is 73.1 cm³/mol. The van der Waals surface area contributed by atoms with Crippen LogP contribution < -0.4 is 0 Å². The average Bonchev–Trinajstić information content (AvgIpc) is 2.00. The van der Waals surface area contributed by atoms with Crippen LogP contribution in [0.4, 0.5) is 0 Å². The molecule has 0 fully saturated rings. The molecule has 0 atom stereocenters. The molecule has 0 heterocycles. The summed E-state index contributed by atoms with van der Waals surface area (Å²) in [6.45, 7) is 4.32. The van der Waals surface area contributed by atoms with Gasteiger partial charge in [0, 0.05) is 0 Å². The molecule has 0 aromatic heterocycles. The van der Waals surface area contributed by atoms with Gasteiger partial charge in [-0.2, -0.15) is 0 Å². The lowest BCUT2D eigenvalue weighted by Crippen LogP contribution is -2.23. The standard InChI is InChI=1S/C2Cl6.2C2H5.Al.ClH/c3-1(4,5)2(6,7)8;2*1-2;;/h;2*1H2,2H3;;1H/q;;;+1;/p-1. The van der Waals surface area contributed by atoms with Crippen molar-refractivity contribution in [3.8, 4) is 0 Å². The van der Waals surface area contributed by atoms with Crippen LogP contribution in [0.1, 0.15) is 13.8 Å². The summed E-state index contributed by atoms with van der Waals surface area (Å²) in [7, 11) is 5.79. The van der Waals surface area contributed by atoms with Gasteiger partial charge >= 0.3 is 13.2 Å². The largest absolute Gasteiger partial charge is 0.399 e. The molecule has 0 saturated heterocycles. The van der Waals surface area contributed by atoms with Crippen molar-refractivity contribution >= 4 is 92.9 Å². The maximum Gasteiger partial charge on any atom is 0.399 e. The van der Waals surface area contributed by atoms with Crippen LogP contribution in [0.2, 0.25) is 10.6 Å². The van der Waals surface area contributed by atoms with Gasteiger partial charge in [-0.15, -0.1) is 0 Å². The van der Waals surface area contributed by atoms with Gasteiger partial charge in [-0.25, -0.2) is 0 Å². The first-order valence-corrected chi connectivity index (χ1v) is 9.48. The van der Waals surface area contributed by atoms with Crippen molar-refractivity contribution in [1.82, 2.24) is 0 Å². The van der Waals surface area contributed by atoms with Crippen molar-refractivity contribution in [2.75, 3.05) is 0 Å². The van der Waals surface area contributed by atoms with E-state index in [0.717, 1.165) is 0 Å². The van der Waals surface area contributed by atoms with E-state index in [2.05, 4.69) is 13.8 Å².